The Morgan fingerprint density at radius 1 is 1.15 bits per heavy atom. The summed E-state index contributed by atoms with van der Waals surface area (Å²) in [6, 6.07) is 12.0. The minimum atomic E-state index is -0.389. The third kappa shape index (κ3) is 4.80. The molecule has 174 valence electrons. The maximum absolute atomic E-state index is 12.3. The molecule has 0 radical (unpaired) electrons. The predicted octanol–water partition coefficient (Wildman–Crippen LogP) is 4.00. The average Bonchev–Trinajstić information content (AvgIpc) is 3.50. The number of carbonyl (C=O) groups is 1. The average molecular weight is 496 g/mol. The lowest BCUT2D eigenvalue weighted by Crippen LogP contribution is -2.34. The first-order valence-electron chi connectivity index (χ1n) is 10.6. The van der Waals surface area contributed by atoms with E-state index in [4.69, 9.17) is 9.47 Å². The summed E-state index contributed by atoms with van der Waals surface area (Å²) in [6.07, 6.45) is 0. The van der Waals surface area contributed by atoms with Crippen LogP contribution >= 0.6 is 22.7 Å². The van der Waals surface area contributed by atoms with Gasteiger partial charge in [-0.3, -0.25) is 4.79 Å². The molecule has 1 aromatic carbocycles. The van der Waals surface area contributed by atoms with E-state index in [1.54, 1.807) is 46.9 Å². The molecule has 0 atom stereocenters. The molecule has 1 aliphatic rings. The van der Waals surface area contributed by atoms with E-state index in [0.717, 1.165) is 20.5 Å². The van der Waals surface area contributed by atoms with Crippen LogP contribution in [0.5, 0.6) is 11.5 Å². The van der Waals surface area contributed by atoms with Crippen LogP contribution in [0.2, 0.25) is 0 Å². The molecule has 34 heavy (non-hydrogen) atoms. The maximum Gasteiger partial charge on any atom is 0.319 e. The molecule has 2 amide bonds. The van der Waals surface area contributed by atoms with Crippen LogP contribution in [0.25, 0.3) is 20.5 Å². The van der Waals surface area contributed by atoms with Crippen LogP contribution in [0, 0.1) is 6.92 Å². The lowest BCUT2D eigenvalue weighted by Gasteiger charge is -2.19. The Bertz CT molecular complexity index is 1380. The van der Waals surface area contributed by atoms with Crippen molar-refractivity contribution in [1.29, 1.82) is 0 Å². The second kappa shape index (κ2) is 9.65. The first kappa shape index (κ1) is 22.1. The minimum Gasteiger partial charge on any atom is -0.486 e. The second-order valence-electron chi connectivity index (χ2n) is 7.43. The summed E-state index contributed by atoms with van der Waals surface area (Å²) in [5, 5.41) is 13.0. The van der Waals surface area contributed by atoms with Gasteiger partial charge in [0.25, 0.3) is 5.56 Å². The number of thiophene rings is 1. The van der Waals surface area contributed by atoms with E-state index in [2.05, 4.69) is 20.7 Å². The molecular formula is C23H21N5O4S2. The molecule has 5 rings (SSSR count). The van der Waals surface area contributed by atoms with Gasteiger partial charge in [-0.05, 0) is 36.6 Å². The zero-order valence-electron chi connectivity index (χ0n) is 18.2. The number of carbonyl (C=O) groups excluding carboxylic acids is 1. The number of thiazole rings is 1. The van der Waals surface area contributed by atoms with E-state index in [1.165, 1.54) is 10.7 Å². The summed E-state index contributed by atoms with van der Waals surface area (Å²) in [4.78, 5) is 31.3. The fraction of sp³-hybridized carbons (Fsp3) is 0.217. The van der Waals surface area contributed by atoms with Gasteiger partial charge in [-0.2, -0.15) is 5.10 Å². The molecule has 0 fully saturated rings. The number of ether oxygens (including phenoxy) is 2. The Labute approximate surface area is 203 Å². The molecule has 0 saturated carbocycles. The standard InChI is InChI=1S/C23H21N5O4S2/c1-14-21(34-22(25-14)19-3-2-12-33-19)16-5-7-20(29)28(27-16)9-8-24-23(30)26-15-4-6-17-18(13-15)32-11-10-31-17/h2-7,12-13H,8-11H2,1H3,(H2,24,26,30). The Morgan fingerprint density at radius 2 is 2.00 bits per heavy atom. The summed E-state index contributed by atoms with van der Waals surface area (Å²) in [6.45, 7) is 3.38. The molecule has 0 spiro atoms. The summed E-state index contributed by atoms with van der Waals surface area (Å²) < 4.78 is 12.4. The molecule has 0 unspecified atom stereocenters. The van der Waals surface area contributed by atoms with E-state index in [9.17, 15) is 9.59 Å². The molecule has 3 aromatic heterocycles. The van der Waals surface area contributed by atoms with Crippen molar-refractivity contribution in [3.05, 3.63) is 63.9 Å². The topological polar surface area (TPSA) is 107 Å². The van der Waals surface area contributed by atoms with Gasteiger partial charge in [0.15, 0.2) is 11.5 Å². The minimum absolute atomic E-state index is 0.231. The van der Waals surface area contributed by atoms with Crippen LogP contribution in [0.15, 0.2) is 52.6 Å². The Hall–Kier alpha value is -3.70. The fourth-order valence-electron chi connectivity index (χ4n) is 3.44. The maximum atomic E-state index is 12.3. The third-order valence-electron chi connectivity index (χ3n) is 5.04. The highest BCUT2D eigenvalue weighted by atomic mass is 32.1. The highest BCUT2D eigenvalue weighted by molar-refractivity contribution is 7.23. The van der Waals surface area contributed by atoms with Gasteiger partial charge in [0, 0.05) is 24.4 Å². The quantitative estimate of drug-likeness (QED) is 0.419. The lowest BCUT2D eigenvalue weighted by atomic mass is 10.2. The third-order valence-corrected chi connectivity index (χ3v) is 7.26. The Kier molecular flexibility index (Phi) is 6.28. The number of hydrogen-bond acceptors (Lipinski definition) is 8. The highest BCUT2D eigenvalue weighted by Gasteiger charge is 2.15. The smallest absolute Gasteiger partial charge is 0.319 e. The van der Waals surface area contributed by atoms with Crippen LogP contribution in [0.1, 0.15) is 5.69 Å². The molecule has 4 heterocycles. The molecule has 1 aliphatic heterocycles. The number of aryl methyl sites for hydroxylation is 1. The number of hydrogen-bond donors (Lipinski definition) is 2. The first-order valence-corrected chi connectivity index (χ1v) is 12.3. The molecule has 4 aromatic rings. The van der Waals surface area contributed by atoms with Crippen LogP contribution < -0.4 is 25.7 Å². The van der Waals surface area contributed by atoms with Gasteiger partial charge < -0.3 is 20.1 Å². The molecule has 11 heteroatoms. The van der Waals surface area contributed by atoms with Crippen molar-refractivity contribution in [2.45, 2.75) is 13.5 Å². The SMILES string of the molecule is Cc1nc(-c2cccs2)sc1-c1ccc(=O)n(CCNC(=O)Nc2ccc3c(c2)OCCO3)n1. The Balaban J connectivity index is 1.22. The summed E-state index contributed by atoms with van der Waals surface area (Å²) in [5.41, 5.74) is 1.89. The number of aromatic nitrogens is 3. The van der Waals surface area contributed by atoms with Gasteiger partial charge >= 0.3 is 6.03 Å². The van der Waals surface area contributed by atoms with Crippen molar-refractivity contribution in [2.24, 2.45) is 0 Å². The monoisotopic (exact) mass is 495 g/mol. The van der Waals surface area contributed by atoms with Crippen LogP contribution in [-0.2, 0) is 6.54 Å². The number of nitrogens with zero attached hydrogens (tertiary/aromatic N) is 3. The lowest BCUT2D eigenvalue weighted by molar-refractivity contribution is 0.171. The van der Waals surface area contributed by atoms with Crippen molar-refractivity contribution in [2.75, 3.05) is 25.1 Å². The van der Waals surface area contributed by atoms with Crippen molar-refractivity contribution in [3.63, 3.8) is 0 Å². The zero-order valence-corrected chi connectivity index (χ0v) is 19.9. The number of rotatable bonds is 6. The van der Waals surface area contributed by atoms with Crippen LogP contribution in [-0.4, -0.2) is 40.6 Å². The normalized spacial score (nSPS) is 12.4. The van der Waals surface area contributed by atoms with Crippen LogP contribution in [0.3, 0.4) is 0 Å². The van der Waals surface area contributed by atoms with E-state index in [-0.39, 0.29) is 24.7 Å². The zero-order chi connectivity index (χ0) is 23.5. The van der Waals surface area contributed by atoms with Gasteiger partial charge in [0.2, 0.25) is 0 Å². The summed E-state index contributed by atoms with van der Waals surface area (Å²) >= 11 is 3.18. The highest BCUT2D eigenvalue weighted by Crippen LogP contribution is 2.36. The molecule has 0 bridgehead atoms. The van der Waals surface area contributed by atoms with Crippen molar-refractivity contribution >= 4 is 34.4 Å². The van der Waals surface area contributed by atoms with Gasteiger partial charge in [0.1, 0.15) is 23.9 Å². The van der Waals surface area contributed by atoms with E-state index in [1.807, 2.05) is 24.4 Å². The van der Waals surface area contributed by atoms with E-state index >= 15 is 0 Å². The molecule has 9 nitrogen and oxygen atoms in total. The van der Waals surface area contributed by atoms with Gasteiger partial charge in [0.05, 0.1) is 22.0 Å². The van der Waals surface area contributed by atoms with Gasteiger partial charge in [-0.1, -0.05) is 6.07 Å². The largest absolute Gasteiger partial charge is 0.486 e. The molecule has 0 saturated heterocycles. The second-order valence-corrected chi connectivity index (χ2v) is 9.38. The number of anilines is 1. The number of amides is 2. The number of fused-ring (bicyclic) bond motifs is 1. The van der Waals surface area contributed by atoms with Crippen molar-refractivity contribution in [3.8, 4) is 32.0 Å². The van der Waals surface area contributed by atoms with E-state index < -0.39 is 0 Å². The van der Waals surface area contributed by atoms with Gasteiger partial charge in [-0.15, -0.1) is 22.7 Å². The first-order chi connectivity index (χ1) is 16.6. The van der Waals surface area contributed by atoms with Crippen molar-refractivity contribution in [1.82, 2.24) is 20.1 Å². The number of benzene rings is 1. The number of nitrogens with one attached hydrogen (secondary N) is 2. The summed E-state index contributed by atoms with van der Waals surface area (Å²) in [7, 11) is 0. The van der Waals surface area contributed by atoms with Gasteiger partial charge in [-0.25, -0.2) is 14.5 Å². The number of urea groups is 1. The fourth-order valence-corrected chi connectivity index (χ4v) is 5.27. The van der Waals surface area contributed by atoms with Crippen LogP contribution in [0.4, 0.5) is 10.5 Å². The molecule has 2 N–H and O–H groups in total. The summed E-state index contributed by atoms with van der Waals surface area (Å²) in [5.74, 6) is 1.25. The van der Waals surface area contributed by atoms with Crippen molar-refractivity contribution < 1.29 is 14.3 Å². The Morgan fingerprint density at radius 3 is 2.82 bits per heavy atom. The predicted molar refractivity (Wildman–Crippen MR) is 132 cm³/mol. The molecule has 0 aliphatic carbocycles. The van der Waals surface area contributed by atoms with E-state index in [0.29, 0.717) is 36.1 Å². The molecular weight excluding hydrogens is 474 g/mol.